The fourth-order valence-corrected chi connectivity index (χ4v) is 2.42. The average Bonchev–Trinajstić information content (AvgIpc) is 2.61. The van der Waals surface area contributed by atoms with Crippen LogP contribution >= 0.6 is 0 Å². The molecule has 80 valence electrons. The van der Waals surface area contributed by atoms with Gasteiger partial charge in [-0.05, 0) is 18.3 Å². The van der Waals surface area contributed by atoms with Gasteiger partial charge in [0.1, 0.15) is 0 Å². The minimum Gasteiger partial charge on any atom is -0.355 e. The van der Waals surface area contributed by atoms with Gasteiger partial charge in [-0.1, -0.05) is 26.7 Å². The number of nitrogens with one attached hydrogen (secondary N) is 2. The molecule has 0 aromatic carbocycles. The first-order chi connectivity index (χ1) is 6.68. The summed E-state index contributed by atoms with van der Waals surface area (Å²) in [5, 5.41) is 6.83. The molecule has 1 fully saturated rings. The largest absolute Gasteiger partial charge is 0.355 e. The Hall–Kier alpha value is -0.730. The molecule has 2 N–H and O–H groups in total. The Labute approximate surface area is 86.4 Å². The quantitative estimate of drug-likeness (QED) is 0.665. The van der Waals surface area contributed by atoms with Crippen molar-refractivity contribution in [1.82, 2.24) is 10.6 Å². The van der Waals surface area contributed by atoms with Crippen LogP contribution in [0.2, 0.25) is 0 Å². The molecule has 0 saturated heterocycles. The lowest BCUT2D eigenvalue weighted by atomic mass is 9.73. The number of hydrogen-bond donors (Lipinski definition) is 2. The van der Waals surface area contributed by atoms with E-state index < -0.39 is 0 Å². The monoisotopic (exact) mass is 195 g/mol. The van der Waals surface area contributed by atoms with Gasteiger partial charge in [0.05, 0.1) is 6.54 Å². The van der Waals surface area contributed by atoms with Crippen molar-refractivity contribution in [2.75, 3.05) is 13.1 Å². The Balaban J connectivity index is 1.94. The molecule has 3 nitrogen and oxygen atoms in total. The maximum absolute atomic E-state index is 4.39. The predicted octanol–water partition coefficient (Wildman–Crippen LogP) is 1.50. The number of guanidine groups is 1. The van der Waals surface area contributed by atoms with Crippen LogP contribution < -0.4 is 10.6 Å². The van der Waals surface area contributed by atoms with Crippen LogP contribution in [0.4, 0.5) is 0 Å². The Morgan fingerprint density at radius 2 is 2.29 bits per heavy atom. The fourth-order valence-electron chi connectivity index (χ4n) is 2.42. The smallest absolute Gasteiger partial charge is 0.191 e. The van der Waals surface area contributed by atoms with Gasteiger partial charge in [-0.25, -0.2) is 0 Å². The lowest BCUT2D eigenvalue weighted by Gasteiger charge is -2.39. The van der Waals surface area contributed by atoms with E-state index in [0.717, 1.165) is 19.0 Å². The molecule has 0 bridgehead atoms. The Bertz CT molecular complexity index is 233. The highest BCUT2D eigenvalue weighted by atomic mass is 15.2. The zero-order valence-corrected chi connectivity index (χ0v) is 9.27. The Kier molecular flexibility index (Phi) is 2.66. The molecule has 0 aromatic rings. The molecule has 1 unspecified atom stereocenters. The third-order valence-electron chi connectivity index (χ3n) is 3.49. The second-order valence-electron chi connectivity index (χ2n) is 5.09. The average molecular weight is 195 g/mol. The molecular formula is C11H21N3. The van der Waals surface area contributed by atoms with Crippen molar-refractivity contribution in [2.45, 2.75) is 45.6 Å². The van der Waals surface area contributed by atoms with Crippen LogP contribution in [0.1, 0.15) is 39.5 Å². The summed E-state index contributed by atoms with van der Waals surface area (Å²) in [7, 11) is 0. The summed E-state index contributed by atoms with van der Waals surface area (Å²) in [5.41, 5.74) is 0.422. The molecule has 0 spiro atoms. The van der Waals surface area contributed by atoms with Crippen molar-refractivity contribution in [3.8, 4) is 0 Å². The van der Waals surface area contributed by atoms with Crippen LogP contribution in [0, 0.1) is 5.41 Å². The number of rotatable bonds is 1. The maximum Gasteiger partial charge on any atom is 0.191 e. The molecular weight excluding hydrogens is 174 g/mol. The number of hydrogen-bond acceptors (Lipinski definition) is 3. The number of nitrogens with zero attached hydrogens (tertiary/aromatic N) is 1. The lowest BCUT2D eigenvalue weighted by Crippen LogP contribution is -2.49. The van der Waals surface area contributed by atoms with Crippen molar-refractivity contribution in [1.29, 1.82) is 0 Å². The lowest BCUT2D eigenvalue weighted by molar-refractivity contribution is 0.185. The minimum atomic E-state index is 0.422. The summed E-state index contributed by atoms with van der Waals surface area (Å²) in [6.45, 7) is 6.64. The van der Waals surface area contributed by atoms with Gasteiger partial charge in [0.2, 0.25) is 0 Å². The molecule has 1 heterocycles. The molecule has 1 saturated carbocycles. The molecule has 14 heavy (non-hydrogen) atoms. The Morgan fingerprint density at radius 1 is 1.43 bits per heavy atom. The van der Waals surface area contributed by atoms with Gasteiger partial charge in [0, 0.05) is 12.6 Å². The van der Waals surface area contributed by atoms with Crippen molar-refractivity contribution >= 4 is 5.96 Å². The molecule has 0 aromatic heterocycles. The summed E-state index contributed by atoms with van der Waals surface area (Å²) >= 11 is 0. The Morgan fingerprint density at radius 3 is 2.93 bits per heavy atom. The van der Waals surface area contributed by atoms with Gasteiger partial charge >= 0.3 is 0 Å². The first-order valence-electron chi connectivity index (χ1n) is 5.73. The standard InChI is InChI=1S/C11H21N3/c1-11(2)6-4-3-5-9(11)14-10-12-7-8-13-10/h9H,3-8H2,1-2H3,(H2,12,13,14). The molecule has 0 radical (unpaired) electrons. The molecule has 2 aliphatic rings. The normalized spacial score (nSPS) is 30.7. The fraction of sp³-hybridized carbons (Fsp3) is 0.909. The highest BCUT2D eigenvalue weighted by Gasteiger charge is 2.32. The van der Waals surface area contributed by atoms with Gasteiger partial charge in [-0.3, -0.25) is 4.99 Å². The molecule has 0 amide bonds. The first-order valence-corrected chi connectivity index (χ1v) is 5.73. The van der Waals surface area contributed by atoms with E-state index in [0.29, 0.717) is 11.5 Å². The van der Waals surface area contributed by atoms with E-state index in [1.165, 1.54) is 25.7 Å². The summed E-state index contributed by atoms with van der Waals surface area (Å²) in [6, 6.07) is 0.598. The van der Waals surface area contributed by atoms with Gasteiger partial charge < -0.3 is 10.6 Å². The summed E-state index contributed by atoms with van der Waals surface area (Å²) in [6.07, 6.45) is 5.35. The summed E-state index contributed by atoms with van der Waals surface area (Å²) < 4.78 is 0. The zero-order valence-electron chi connectivity index (χ0n) is 9.27. The van der Waals surface area contributed by atoms with E-state index in [1.54, 1.807) is 0 Å². The van der Waals surface area contributed by atoms with E-state index in [2.05, 4.69) is 29.5 Å². The molecule has 1 aliphatic heterocycles. The summed E-state index contributed by atoms with van der Waals surface area (Å²) in [4.78, 5) is 4.39. The second-order valence-corrected chi connectivity index (χ2v) is 5.09. The van der Waals surface area contributed by atoms with E-state index in [4.69, 9.17) is 0 Å². The van der Waals surface area contributed by atoms with Crippen molar-refractivity contribution in [3.05, 3.63) is 0 Å². The zero-order chi connectivity index (χ0) is 10.0. The van der Waals surface area contributed by atoms with Crippen molar-refractivity contribution in [3.63, 3.8) is 0 Å². The van der Waals surface area contributed by atoms with Gasteiger partial charge in [-0.15, -0.1) is 0 Å². The molecule has 1 atom stereocenters. The van der Waals surface area contributed by atoms with E-state index in [9.17, 15) is 0 Å². The molecule has 3 heteroatoms. The van der Waals surface area contributed by atoms with Crippen molar-refractivity contribution < 1.29 is 0 Å². The minimum absolute atomic E-state index is 0.422. The number of aliphatic imine (C=N–C) groups is 1. The highest BCUT2D eigenvalue weighted by molar-refractivity contribution is 5.81. The predicted molar refractivity (Wildman–Crippen MR) is 59.5 cm³/mol. The van der Waals surface area contributed by atoms with Gasteiger partial charge in [0.25, 0.3) is 0 Å². The molecule has 2 rings (SSSR count). The van der Waals surface area contributed by atoms with E-state index in [-0.39, 0.29) is 0 Å². The van der Waals surface area contributed by atoms with Crippen molar-refractivity contribution in [2.24, 2.45) is 10.4 Å². The SMILES string of the molecule is CC1(C)CCCCC1NC1=NCCN1. The first kappa shape index (κ1) is 9.81. The van der Waals surface area contributed by atoms with E-state index >= 15 is 0 Å². The van der Waals surface area contributed by atoms with Crippen LogP contribution in [-0.2, 0) is 0 Å². The third-order valence-corrected chi connectivity index (χ3v) is 3.49. The van der Waals surface area contributed by atoms with Gasteiger partial charge in [-0.2, -0.15) is 0 Å². The summed E-state index contributed by atoms with van der Waals surface area (Å²) in [5.74, 6) is 1.02. The van der Waals surface area contributed by atoms with Crippen LogP contribution in [0.25, 0.3) is 0 Å². The second kappa shape index (κ2) is 3.79. The molecule has 1 aliphatic carbocycles. The third kappa shape index (κ3) is 2.02. The van der Waals surface area contributed by atoms with E-state index in [1.807, 2.05) is 0 Å². The topological polar surface area (TPSA) is 36.4 Å². The maximum atomic E-state index is 4.39. The van der Waals surface area contributed by atoms with Gasteiger partial charge in [0.15, 0.2) is 5.96 Å². The van der Waals surface area contributed by atoms with Crippen LogP contribution in [0.3, 0.4) is 0 Å². The highest BCUT2D eigenvalue weighted by Crippen LogP contribution is 2.35. The van der Waals surface area contributed by atoms with Crippen LogP contribution in [0.5, 0.6) is 0 Å². The van der Waals surface area contributed by atoms with Crippen LogP contribution in [-0.4, -0.2) is 25.1 Å². The van der Waals surface area contributed by atoms with Crippen LogP contribution in [0.15, 0.2) is 4.99 Å².